The molecular formula is C6H8O2. The Kier molecular flexibility index (Phi) is 2.08. The average molecular weight is 112 g/mol. The summed E-state index contributed by atoms with van der Waals surface area (Å²) in [7, 11) is 0. The first-order valence-corrected chi connectivity index (χ1v) is 2.21. The lowest BCUT2D eigenvalue weighted by Crippen LogP contribution is -2.20. The van der Waals surface area contributed by atoms with Gasteiger partial charge in [-0.1, -0.05) is 5.92 Å². The van der Waals surface area contributed by atoms with Gasteiger partial charge in [-0.2, -0.15) is 0 Å². The molecule has 0 fully saturated rings. The monoisotopic (exact) mass is 112 g/mol. The number of hydrogen-bond acceptors (Lipinski definition) is 2. The molecule has 0 bridgehead atoms. The normalized spacial score (nSPS) is 9.62. The van der Waals surface area contributed by atoms with Crippen molar-refractivity contribution in [2.45, 2.75) is 19.4 Å². The lowest BCUT2D eigenvalue weighted by atomic mass is 10.2. The molecular weight excluding hydrogens is 104 g/mol. The molecule has 0 aromatic heterocycles. The second-order valence-corrected chi connectivity index (χ2v) is 1.87. The maximum absolute atomic E-state index is 9.66. The highest BCUT2D eigenvalue weighted by Gasteiger charge is 2.12. The summed E-state index contributed by atoms with van der Waals surface area (Å²) >= 11 is 0. The molecule has 0 N–H and O–H groups in total. The van der Waals surface area contributed by atoms with Crippen LogP contribution in [0, 0.1) is 12.3 Å². The molecule has 0 amide bonds. The smallest absolute Gasteiger partial charge is 0.294 e. The van der Waals surface area contributed by atoms with Crippen LogP contribution in [0.3, 0.4) is 0 Å². The number of hydrogen-bond donors (Lipinski definition) is 0. The molecule has 0 atom stereocenters. The fraction of sp³-hybridized carbons (Fsp3) is 0.500. The van der Waals surface area contributed by atoms with E-state index in [0.29, 0.717) is 6.47 Å². The summed E-state index contributed by atoms with van der Waals surface area (Å²) in [4.78, 5) is 9.66. The highest BCUT2D eigenvalue weighted by molar-refractivity contribution is 5.39. The molecule has 2 nitrogen and oxygen atoms in total. The van der Waals surface area contributed by atoms with Crippen LogP contribution in [0.15, 0.2) is 0 Å². The third-order valence-corrected chi connectivity index (χ3v) is 0.690. The summed E-state index contributed by atoms with van der Waals surface area (Å²) in [6.07, 6.45) is 4.96. The molecule has 0 saturated carbocycles. The summed E-state index contributed by atoms with van der Waals surface area (Å²) in [5, 5.41) is 0. The van der Waals surface area contributed by atoms with Crippen LogP contribution in [0.2, 0.25) is 0 Å². The molecule has 0 saturated heterocycles. The molecule has 0 spiro atoms. The van der Waals surface area contributed by atoms with Gasteiger partial charge in [-0.05, 0) is 13.8 Å². The Labute approximate surface area is 48.8 Å². The van der Waals surface area contributed by atoms with Crippen LogP contribution in [0.5, 0.6) is 0 Å². The van der Waals surface area contributed by atoms with E-state index in [-0.39, 0.29) is 0 Å². The summed E-state index contributed by atoms with van der Waals surface area (Å²) < 4.78 is 4.46. The van der Waals surface area contributed by atoms with Gasteiger partial charge in [0.15, 0.2) is 5.60 Å². The van der Waals surface area contributed by atoms with Crippen molar-refractivity contribution in [3.05, 3.63) is 0 Å². The first-order chi connectivity index (χ1) is 3.62. The second kappa shape index (κ2) is 2.37. The van der Waals surface area contributed by atoms with Crippen molar-refractivity contribution in [3.63, 3.8) is 0 Å². The van der Waals surface area contributed by atoms with Crippen LogP contribution in [0.4, 0.5) is 0 Å². The van der Waals surface area contributed by atoms with E-state index in [2.05, 4.69) is 10.7 Å². The zero-order valence-corrected chi connectivity index (χ0v) is 4.97. The van der Waals surface area contributed by atoms with Gasteiger partial charge in [-0.25, -0.2) is 0 Å². The lowest BCUT2D eigenvalue weighted by Gasteiger charge is -2.13. The highest BCUT2D eigenvalue weighted by Crippen LogP contribution is 2.02. The van der Waals surface area contributed by atoms with Gasteiger partial charge in [0.2, 0.25) is 0 Å². The third-order valence-electron chi connectivity index (χ3n) is 0.690. The molecule has 8 heavy (non-hydrogen) atoms. The molecule has 0 aromatic rings. The van der Waals surface area contributed by atoms with Crippen molar-refractivity contribution in [2.24, 2.45) is 0 Å². The molecule has 0 radical (unpaired) electrons. The van der Waals surface area contributed by atoms with Crippen molar-refractivity contribution in [1.82, 2.24) is 0 Å². The maximum Gasteiger partial charge on any atom is 0.294 e. The van der Waals surface area contributed by atoms with Gasteiger partial charge in [0.05, 0.1) is 0 Å². The van der Waals surface area contributed by atoms with Gasteiger partial charge in [0.25, 0.3) is 6.47 Å². The lowest BCUT2D eigenvalue weighted by molar-refractivity contribution is -0.135. The van der Waals surface area contributed by atoms with E-state index < -0.39 is 5.60 Å². The minimum absolute atomic E-state index is 0.347. The number of carbonyl (C=O) groups is 1. The van der Waals surface area contributed by atoms with Crippen LogP contribution in [-0.4, -0.2) is 12.1 Å². The van der Waals surface area contributed by atoms with Gasteiger partial charge in [0, 0.05) is 0 Å². The van der Waals surface area contributed by atoms with Crippen LogP contribution in [0.1, 0.15) is 13.8 Å². The van der Waals surface area contributed by atoms with Gasteiger partial charge < -0.3 is 4.74 Å². The third kappa shape index (κ3) is 2.25. The molecule has 0 unspecified atom stereocenters. The zero-order valence-electron chi connectivity index (χ0n) is 4.97. The highest BCUT2D eigenvalue weighted by atomic mass is 16.5. The second-order valence-electron chi connectivity index (χ2n) is 1.87. The van der Waals surface area contributed by atoms with Crippen molar-refractivity contribution >= 4 is 6.47 Å². The van der Waals surface area contributed by atoms with Crippen LogP contribution >= 0.6 is 0 Å². The summed E-state index contributed by atoms with van der Waals surface area (Å²) in [5.41, 5.74) is -0.748. The van der Waals surface area contributed by atoms with Crippen LogP contribution < -0.4 is 0 Å². The molecule has 0 heterocycles. The molecule has 2 heteroatoms. The Hall–Kier alpha value is -0.970. The Morgan fingerprint density at radius 3 is 2.38 bits per heavy atom. The van der Waals surface area contributed by atoms with Gasteiger partial charge >= 0.3 is 0 Å². The molecule has 44 valence electrons. The first kappa shape index (κ1) is 7.03. The largest absolute Gasteiger partial charge is 0.449 e. The van der Waals surface area contributed by atoms with Crippen LogP contribution in [0.25, 0.3) is 0 Å². The SMILES string of the molecule is C#CC(C)(C)OC=O. The number of rotatable bonds is 2. The van der Waals surface area contributed by atoms with Crippen molar-refractivity contribution in [3.8, 4) is 12.3 Å². The molecule has 0 rings (SSSR count). The Bertz CT molecular complexity index is 119. The van der Waals surface area contributed by atoms with E-state index in [0.717, 1.165) is 0 Å². The fourth-order valence-corrected chi connectivity index (χ4v) is 0.154. The van der Waals surface area contributed by atoms with E-state index in [1.54, 1.807) is 13.8 Å². The topological polar surface area (TPSA) is 26.3 Å². The Morgan fingerprint density at radius 1 is 1.75 bits per heavy atom. The summed E-state index contributed by atoms with van der Waals surface area (Å²) in [6.45, 7) is 3.63. The minimum Gasteiger partial charge on any atom is -0.449 e. The fourth-order valence-electron chi connectivity index (χ4n) is 0.154. The van der Waals surface area contributed by atoms with Crippen molar-refractivity contribution in [1.29, 1.82) is 0 Å². The standard InChI is InChI=1S/C6H8O2/c1-4-6(2,3)8-5-7/h1,5H,2-3H3. The van der Waals surface area contributed by atoms with E-state index in [1.165, 1.54) is 0 Å². The first-order valence-electron chi connectivity index (χ1n) is 2.21. The van der Waals surface area contributed by atoms with E-state index in [9.17, 15) is 4.79 Å². The molecule has 0 aliphatic carbocycles. The van der Waals surface area contributed by atoms with Gasteiger partial charge in [0.1, 0.15) is 0 Å². The van der Waals surface area contributed by atoms with Crippen molar-refractivity contribution in [2.75, 3.05) is 0 Å². The van der Waals surface area contributed by atoms with Crippen LogP contribution in [-0.2, 0) is 9.53 Å². The van der Waals surface area contributed by atoms with E-state index >= 15 is 0 Å². The Balaban J connectivity index is 3.76. The predicted octanol–water partition coefficient (Wildman–Crippen LogP) is 0.571. The van der Waals surface area contributed by atoms with E-state index in [4.69, 9.17) is 6.42 Å². The van der Waals surface area contributed by atoms with Crippen molar-refractivity contribution < 1.29 is 9.53 Å². The quantitative estimate of drug-likeness (QED) is 0.385. The predicted molar refractivity (Wildman–Crippen MR) is 30.1 cm³/mol. The van der Waals surface area contributed by atoms with Gasteiger partial charge in [-0.3, -0.25) is 4.79 Å². The number of terminal acetylenes is 1. The minimum atomic E-state index is -0.748. The molecule has 0 aromatic carbocycles. The summed E-state index contributed by atoms with van der Waals surface area (Å²) in [5.74, 6) is 2.29. The van der Waals surface area contributed by atoms with E-state index in [1.807, 2.05) is 0 Å². The number of ether oxygens (including phenoxy) is 1. The Morgan fingerprint density at radius 2 is 2.25 bits per heavy atom. The summed E-state index contributed by atoms with van der Waals surface area (Å²) in [6, 6.07) is 0. The molecule has 0 aliphatic rings. The van der Waals surface area contributed by atoms with Gasteiger partial charge in [-0.15, -0.1) is 6.42 Å². The zero-order chi connectivity index (χ0) is 6.62. The average Bonchev–Trinajstić information content (AvgIpc) is 1.67. The number of carbonyl (C=O) groups excluding carboxylic acids is 1. The maximum atomic E-state index is 9.66. The molecule has 0 aliphatic heterocycles.